The van der Waals surface area contributed by atoms with E-state index in [-0.39, 0.29) is 17.6 Å². The Morgan fingerprint density at radius 3 is 2.59 bits per heavy atom. The third kappa shape index (κ3) is 3.82. The zero-order valence-corrected chi connectivity index (χ0v) is 17.5. The van der Waals surface area contributed by atoms with Crippen LogP contribution < -0.4 is 11.1 Å². The number of anilines is 1. The van der Waals surface area contributed by atoms with Gasteiger partial charge < -0.3 is 11.1 Å². The first-order chi connectivity index (χ1) is 15.5. The van der Waals surface area contributed by atoms with E-state index in [0.29, 0.717) is 29.1 Å². The van der Waals surface area contributed by atoms with Crippen LogP contribution in [0.2, 0.25) is 0 Å². The molecule has 4 unspecified atom stereocenters. The molecule has 3 N–H and O–H groups in total. The predicted octanol–water partition coefficient (Wildman–Crippen LogP) is 4.13. The highest BCUT2D eigenvalue weighted by Gasteiger charge is 2.45. The number of benzene rings is 1. The van der Waals surface area contributed by atoms with E-state index in [1.165, 1.54) is 17.8 Å². The van der Waals surface area contributed by atoms with Crippen molar-refractivity contribution in [3.8, 4) is 6.07 Å². The van der Waals surface area contributed by atoms with Crippen molar-refractivity contribution in [2.45, 2.75) is 37.6 Å². The molecule has 0 spiro atoms. The normalized spacial score (nSPS) is 25.3. The minimum absolute atomic E-state index is 0.143. The van der Waals surface area contributed by atoms with Gasteiger partial charge in [0.2, 0.25) is 5.91 Å². The van der Waals surface area contributed by atoms with E-state index in [4.69, 9.17) is 11.0 Å². The van der Waals surface area contributed by atoms with Gasteiger partial charge in [-0.15, -0.1) is 0 Å². The summed E-state index contributed by atoms with van der Waals surface area (Å²) in [6.45, 7) is 0. The van der Waals surface area contributed by atoms with E-state index in [0.717, 1.165) is 36.6 Å². The number of nitrogens with zero attached hydrogens (tertiary/aromatic N) is 3. The fourth-order valence-corrected chi connectivity index (χ4v) is 5.68. The Morgan fingerprint density at radius 1 is 1.12 bits per heavy atom. The maximum absolute atomic E-state index is 13.8. The maximum Gasteiger partial charge on any atom is 0.241 e. The van der Waals surface area contributed by atoms with Crippen molar-refractivity contribution in [3.63, 3.8) is 0 Å². The van der Waals surface area contributed by atoms with Crippen molar-refractivity contribution >= 4 is 22.5 Å². The summed E-state index contributed by atoms with van der Waals surface area (Å²) in [4.78, 5) is 21.0. The lowest BCUT2D eigenvalue weighted by Crippen LogP contribution is -2.41. The average Bonchev–Trinajstić information content (AvgIpc) is 3.38. The summed E-state index contributed by atoms with van der Waals surface area (Å²) in [6.07, 6.45) is 7.20. The summed E-state index contributed by atoms with van der Waals surface area (Å²) in [5.41, 5.74) is 9.18. The lowest BCUT2D eigenvalue weighted by atomic mass is 9.88. The number of carbonyl (C=O) groups is 1. The van der Waals surface area contributed by atoms with Gasteiger partial charge in [0.1, 0.15) is 17.6 Å². The monoisotopic (exact) mass is 429 g/mol. The number of amides is 1. The summed E-state index contributed by atoms with van der Waals surface area (Å²) in [6, 6.07) is 11.4. The van der Waals surface area contributed by atoms with Crippen LogP contribution in [0.4, 0.5) is 10.1 Å². The van der Waals surface area contributed by atoms with Gasteiger partial charge in [0, 0.05) is 11.6 Å². The van der Waals surface area contributed by atoms with Gasteiger partial charge in [-0.25, -0.2) is 9.37 Å². The fourth-order valence-electron chi connectivity index (χ4n) is 5.68. The van der Waals surface area contributed by atoms with Gasteiger partial charge in [-0.2, -0.15) is 5.26 Å². The molecule has 0 radical (unpaired) electrons. The number of halogens is 1. The molecule has 7 heteroatoms. The lowest BCUT2D eigenvalue weighted by Gasteiger charge is -2.21. The Labute approximate surface area is 185 Å². The molecule has 2 saturated carbocycles. The van der Waals surface area contributed by atoms with E-state index in [9.17, 15) is 9.18 Å². The standard InChI is InChI=1S/C25H24FN5O/c26-18-1-4-23-22(11-18)21(5-6-29-23)16-7-14-9-17(10-15(14)8-16)24(28)25(32)31-20-3-2-19(12-27)30-13-20/h1-6,11,13-17,24H,7-10,28H2,(H,31,32)/t14-,15?,16?,17?,24?/m1/s1. The van der Waals surface area contributed by atoms with Crippen molar-refractivity contribution in [1.29, 1.82) is 5.26 Å². The molecule has 0 saturated heterocycles. The third-order valence-corrected chi connectivity index (χ3v) is 7.19. The van der Waals surface area contributed by atoms with E-state index >= 15 is 0 Å². The number of carbonyl (C=O) groups excluding carboxylic acids is 1. The highest BCUT2D eigenvalue weighted by atomic mass is 19.1. The molecule has 1 aromatic carbocycles. The largest absolute Gasteiger partial charge is 0.323 e. The molecular formula is C25H24FN5O. The molecular weight excluding hydrogens is 405 g/mol. The lowest BCUT2D eigenvalue weighted by molar-refractivity contribution is -0.118. The molecule has 0 aliphatic heterocycles. The van der Waals surface area contributed by atoms with Crippen molar-refractivity contribution in [1.82, 2.24) is 9.97 Å². The number of nitrogens with two attached hydrogens (primary N) is 1. The number of nitrogens with one attached hydrogen (secondary N) is 1. The van der Waals surface area contributed by atoms with Crippen LogP contribution in [-0.4, -0.2) is 21.9 Å². The quantitative estimate of drug-likeness (QED) is 0.649. The van der Waals surface area contributed by atoms with Crippen LogP contribution in [-0.2, 0) is 4.79 Å². The zero-order chi connectivity index (χ0) is 22.2. The third-order valence-electron chi connectivity index (χ3n) is 7.19. The number of pyridine rings is 2. The molecule has 5 atom stereocenters. The molecule has 2 heterocycles. The number of rotatable bonds is 4. The SMILES string of the molecule is N#Cc1ccc(NC(=O)C(N)C2CC3CC(c4ccnc5ccc(F)cc45)C[C@@H]3C2)cn1. The molecule has 6 nitrogen and oxygen atoms in total. The summed E-state index contributed by atoms with van der Waals surface area (Å²) < 4.78 is 13.8. The Kier molecular flexibility index (Phi) is 5.32. The highest BCUT2D eigenvalue weighted by Crippen LogP contribution is 2.53. The van der Waals surface area contributed by atoms with Gasteiger partial charge in [0.25, 0.3) is 0 Å². The zero-order valence-electron chi connectivity index (χ0n) is 17.5. The van der Waals surface area contributed by atoms with Crippen molar-refractivity contribution in [3.05, 3.63) is 65.9 Å². The average molecular weight is 429 g/mol. The Morgan fingerprint density at radius 2 is 1.91 bits per heavy atom. The van der Waals surface area contributed by atoms with Crippen LogP contribution in [0.5, 0.6) is 0 Å². The summed E-state index contributed by atoms with van der Waals surface area (Å²) in [7, 11) is 0. The number of nitriles is 1. The second kappa shape index (κ2) is 8.29. The number of hydrogen-bond donors (Lipinski definition) is 2. The molecule has 162 valence electrons. The molecule has 0 bridgehead atoms. The minimum Gasteiger partial charge on any atom is -0.323 e. The first kappa shape index (κ1) is 20.5. The number of aromatic nitrogens is 2. The first-order valence-corrected chi connectivity index (χ1v) is 11.0. The van der Waals surface area contributed by atoms with Gasteiger partial charge in [0.15, 0.2) is 0 Å². The van der Waals surface area contributed by atoms with E-state index < -0.39 is 6.04 Å². The van der Waals surface area contributed by atoms with Gasteiger partial charge in [-0.3, -0.25) is 9.78 Å². The van der Waals surface area contributed by atoms with E-state index in [2.05, 4.69) is 15.3 Å². The molecule has 3 aromatic rings. The van der Waals surface area contributed by atoms with Gasteiger partial charge >= 0.3 is 0 Å². The van der Waals surface area contributed by atoms with Crippen LogP contribution in [0.25, 0.3) is 10.9 Å². The molecule has 1 amide bonds. The second-order valence-corrected chi connectivity index (χ2v) is 9.04. The maximum atomic E-state index is 13.8. The summed E-state index contributed by atoms with van der Waals surface area (Å²) in [5, 5.41) is 12.6. The van der Waals surface area contributed by atoms with Gasteiger partial charge in [0.05, 0.1) is 23.4 Å². The molecule has 2 aromatic heterocycles. The Balaban J connectivity index is 1.23. The summed E-state index contributed by atoms with van der Waals surface area (Å²) >= 11 is 0. The molecule has 5 rings (SSSR count). The molecule has 2 aliphatic carbocycles. The second-order valence-electron chi connectivity index (χ2n) is 9.04. The minimum atomic E-state index is -0.578. The molecule has 2 aliphatic rings. The number of hydrogen-bond acceptors (Lipinski definition) is 5. The van der Waals surface area contributed by atoms with E-state index in [1.807, 2.05) is 18.3 Å². The van der Waals surface area contributed by atoms with Gasteiger partial charge in [-0.1, -0.05) is 0 Å². The number of fused-ring (bicyclic) bond motifs is 2. The van der Waals surface area contributed by atoms with Crippen LogP contribution in [0.1, 0.15) is 42.9 Å². The summed E-state index contributed by atoms with van der Waals surface area (Å²) in [5.74, 6) is 1.12. The molecule has 2 fully saturated rings. The topological polar surface area (TPSA) is 105 Å². The fraction of sp³-hybridized carbons (Fsp3) is 0.360. The predicted molar refractivity (Wildman–Crippen MR) is 119 cm³/mol. The van der Waals surface area contributed by atoms with Crippen LogP contribution >= 0.6 is 0 Å². The first-order valence-electron chi connectivity index (χ1n) is 11.0. The van der Waals surface area contributed by atoms with Crippen LogP contribution in [0.15, 0.2) is 48.8 Å². The van der Waals surface area contributed by atoms with Gasteiger partial charge in [-0.05, 0) is 91.3 Å². The van der Waals surface area contributed by atoms with Crippen molar-refractivity contribution < 1.29 is 9.18 Å². The smallest absolute Gasteiger partial charge is 0.241 e. The van der Waals surface area contributed by atoms with Crippen LogP contribution in [0.3, 0.4) is 0 Å². The van der Waals surface area contributed by atoms with Crippen molar-refractivity contribution in [2.24, 2.45) is 23.5 Å². The van der Waals surface area contributed by atoms with Crippen molar-refractivity contribution in [2.75, 3.05) is 5.32 Å². The Hall–Kier alpha value is -3.37. The Bertz CT molecular complexity index is 1190. The molecule has 32 heavy (non-hydrogen) atoms. The highest BCUT2D eigenvalue weighted by molar-refractivity contribution is 5.94. The van der Waals surface area contributed by atoms with Crippen LogP contribution in [0, 0.1) is 34.9 Å². The van der Waals surface area contributed by atoms with E-state index in [1.54, 1.807) is 24.3 Å².